The number of halogens is 2. The molecule has 0 unspecified atom stereocenters. The van der Waals surface area contributed by atoms with Crippen LogP contribution >= 0.6 is 11.3 Å². The van der Waals surface area contributed by atoms with E-state index < -0.39 is 11.6 Å². The summed E-state index contributed by atoms with van der Waals surface area (Å²) in [4.78, 5) is 8.07. The van der Waals surface area contributed by atoms with Gasteiger partial charge in [-0.25, -0.2) is 8.78 Å². The summed E-state index contributed by atoms with van der Waals surface area (Å²) in [6.45, 7) is 4.07. The fourth-order valence-electron chi connectivity index (χ4n) is 2.95. The van der Waals surface area contributed by atoms with Crippen molar-refractivity contribution in [2.45, 2.75) is 19.5 Å². The number of nitrogens with zero attached hydrogens (tertiary/aromatic N) is 2. The van der Waals surface area contributed by atoms with E-state index in [1.54, 1.807) is 7.05 Å². The maximum atomic E-state index is 13.2. The first-order valence-electron chi connectivity index (χ1n) is 8.31. The molecule has 2 heterocycles. The maximum absolute atomic E-state index is 13.2. The third-order valence-electron chi connectivity index (χ3n) is 4.21. The van der Waals surface area contributed by atoms with E-state index in [4.69, 9.17) is 0 Å². The third kappa shape index (κ3) is 4.99. The van der Waals surface area contributed by atoms with E-state index in [2.05, 4.69) is 32.0 Å². The number of nitrogens with one attached hydrogen (secondary N) is 2. The lowest BCUT2D eigenvalue weighted by Crippen LogP contribution is -2.42. The predicted octanol–water partition coefficient (Wildman–Crippen LogP) is 2.75. The topological polar surface area (TPSA) is 39.7 Å². The number of benzene rings is 1. The molecule has 4 nitrogen and oxygen atoms in total. The highest BCUT2D eigenvalue weighted by atomic mass is 32.1. The monoisotopic (exact) mass is 364 g/mol. The molecule has 25 heavy (non-hydrogen) atoms. The summed E-state index contributed by atoms with van der Waals surface area (Å²) < 4.78 is 26.4. The Bertz CT molecular complexity index is 724. The molecule has 2 N–H and O–H groups in total. The first-order valence-corrected chi connectivity index (χ1v) is 9.19. The molecule has 0 aliphatic carbocycles. The number of aliphatic imine (C=N–C) groups is 1. The van der Waals surface area contributed by atoms with Gasteiger partial charge in [0.15, 0.2) is 5.96 Å². The van der Waals surface area contributed by atoms with E-state index in [0.29, 0.717) is 18.1 Å². The third-order valence-corrected chi connectivity index (χ3v) is 5.24. The Morgan fingerprint density at radius 2 is 2.04 bits per heavy atom. The van der Waals surface area contributed by atoms with Gasteiger partial charge in [-0.3, -0.25) is 9.89 Å². The number of fused-ring (bicyclic) bond motifs is 1. The zero-order valence-corrected chi connectivity index (χ0v) is 15.0. The maximum Gasteiger partial charge on any atom is 0.191 e. The summed E-state index contributed by atoms with van der Waals surface area (Å²) >= 11 is 1.84. The lowest BCUT2D eigenvalue weighted by molar-refractivity contribution is 0.260. The average molecular weight is 364 g/mol. The van der Waals surface area contributed by atoms with Crippen LogP contribution in [-0.4, -0.2) is 37.5 Å². The van der Waals surface area contributed by atoms with E-state index in [-0.39, 0.29) is 0 Å². The van der Waals surface area contributed by atoms with Gasteiger partial charge >= 0.3 is 0 Å². The normalized spacial score (nSPS) is 15.1. The standard InChI is InChI=1S/C18H22F2N4S/c1-21-18(23-11-13-8-15(19)10-16(20)9-13)22-4-6-24-5-2-17-14(12-24)3-7-25-17/h3,7-10H,2,4-6,11-12H2,1H3,(H2,21,22,23). The molecule has 0 spiro atoms. The van der Waals surface area contributed by atoms with Crippen LogP contribution in [0.15, 0.2) is 34.6 Å². The Morgan fingerprint density at radius 3 is 2.80 bits per heavy atom. The largest absolute Gasteiger partial charge is 0.355 e. The minimum Gasteiger partial charge on any atom is -0.355 e. The predicted molar refractivity (Wildman–Crippen MR) is 97.9 cm³/mol. The highest BCUT2D eigenvalue weighted by Gasteiger charge is 2.16. The van der Waals surface area contributed by atoms with Crippen LogP contribution in [0.2, 0.25) is 0 Å². The summed E-state index contributed by atoms with van der Waals surface area (Å²) in [6.07, 6.45) is 1.12. The van der Waals surface area contributed by atoms with Gasteiger partial charge in [0.05, 0.1) is 0 Å². The molecule has 1 aliphatic rings. The van der Waals surface area contributed by atoms with Crippen molar-refractivity contribution in [3.05, 3.63) is 57.3 Å². The van der Waals surface area contributed by atoms with Crippen LogP contribution in [0.25, 0.3) is 0 Å². The first kappa shape index (κ1) is 17.8. The molecule has 0 bridgehead atoms. The second kappa shape index (κ2) is 8.40. The zero-order chi connectivity index (χ0) is 17.6. The van der Waals surface area contributed by atoms with E-state index >= 15 is 0 Å². The van der Waals surface area contributed by atoms with E-state index in [0.717, 1.165) is 38.7 Å². The number of hydrogen-bond donors (Lipinski definition) is 2. The van der Waals surface area contributed by atoms with Crippen LogP contribution in [0.5, 0.6) is 0 Å². The average Bonchev–Trinajstić information content (AvgIpc) is 3.04. The van der Waals surface area contributed by atoms with Gasteiger partial charge in [0, 0.05) is 50.7 Å². The Labute approximate surface area is 150 Å². The van der Waals surface area contributed by atoms with E-state index in [9.17, 15) is 8.78 Å². The molecule has 0 saturated carbocycles. The SMILES string of the molecule is CN=C(NCCN1CCc2sccc2C1)NCc1cc(F)cc(F)c1. The van der Waals surface area contributed by atoms with Crippen molar-refractivity contribution in [2.75, 3.05) is 26.7 Å². The molecule has 1 aromatic heterocycles. The van der Waals surface area contributed by atoms with Gasteiger partial charge in [0.25, 0.3) is 0 Å². The van der Waals surface area contributed by atoms with Crippen LogP contribution in [0.4, 0.5) is 8.78 Å². The van der Waals surface area contributed by atoms with Gasteiger partial charge in [0.1, 0.15) is 11.6 Å². The highest BCUT2D eigenvalue weighted by molar-refractivity contribution is 7.10. The van der Waals surface area contributed by atoms with Crippen LogP contribution in [0, 0.1) is 11.6 Å². The molecule has 7 heteroatoms. The van der Waals surface area contributed by atoms with E-state index in [1.807, 2.05) is 11.3 Å². The van der Waals surface area contributed by atoms with Crippen LogP contribution in [0.1, 0.15) is 16.0 Å². The molecule has 1 aliphatic heterocycles. The minimum absolute atomic E-state index is 0.316. The molecule has 2 aromatic rings. The molecule has 1 aromatic carbocycles. The zero-order valence-electron chi connectivity index (χ0n) is 14.2. The van der Waals surface area contributed by atoms with Gasteiger partial charge in [-0.15, -0.1) is 11.3 Å². The Balaban J connectivity index is 1.42. The molecular weight excluding hydrogens is 342 g/mol. The summed E-state index contributed by atoms with van der Waals surface area (Å²) in [5.74, 6) is -0.520. The number of guanidine groups is 1. The molecular formula is C18H22F2N4S. The highest BCUT2D eigenvalue weighted by Crippen LogP contribution is 2.23. The van der Waals surface area contributed by atoms with Gasteiger partial charge in [-0.2, -0.15) is 0 Å². The second-order valence-electron chi connectivity index (χ2n) is 6.03. The molecule has 134 valence electrons. The van der Waals surface area contributed by atoms with E-state index in [1.165, 1.54) is 22.6 Å². The van der Waals surface area contributed by atoms with Crippen molar-refractivity contribution in [3.63, 3.8) is 0 Å². The van der Waals surface area contributed by atoms with Crippen molar-refractivity contribution >= 4 is 17.3 Å². The molecule has 0 atom stereocenters. The number of thiophene rings is 1. The van der Waals surface area contributed by atoms with Gasteiger partial charge in [0.2, 0.25) is 0 Å². The van der Waals surface area contributed by atoms with Crippen molar-refractivity contribution in [1.82, 2.24) is 15.5 Å². The molecule has 0 fully saturated rings. The molecule has 0 amide bonds. The first-order chi connectivity index (χ1) is 12.1. The Kier molecular flexibility index (Phi) is 5.99. The number of hydrogen-bond acceptors (Lipinski definition) is 3. The fourth-order valence-corrected chi connectivity index (χ4v) is 3.84. The summed E-state index contributed by atoms with van der Waals surface area (Å²) in [5, 5.41) is 8.48. The van der Waals surface area contributed by atoms with Gasteiger partial charge in [-0.05, 0) is 41.1 Å². The second-order valence-corrected chi connectivity index (χ2v) is 7.03. The smallest absolute Gasteiger partial charge is 0.191 e. The summed E-state index contributed by atoms with van der Waals surface area (Å²) in [6, 6.07) is 5.71. The van der Waals surface area contributed by atoms with Crippen molar-refractivity contribution in [2.24, 2.45) is 4.99 Å². The minimum atomic E-state index is -0.572. The molecule has 0 radical (unpaired) electrons. The fraction of sp³-hybridized carbons (Fsp3) is 0.389. The van der Waals surface area contributed by atoms with Crippen molar-refractivity contribution in [3.8, 4) is 0 Å². The lowest BCUT2D eigenvalue weighted by atomic mass is 10.1. The van der Waals surface area contributed by atoms with Crippen LogP contribution in [0.3, 0.4) is 0 Å². The lowest BCUT2D eigenvalue weighted by Gasteiger charge is -2.27. The Hall–Kier alpha value is -1.99. The van der Waals surface area contributed by atoms with Crippen LogP contribution < -0.4 is 10.6 Å². The van der Waals surface area contributed by atoms with Gasteiger partial charge in [-0.1, -0.05) is 0 Å². The van der Waals surface area contributed by atoms with Gasteiger partial charge < -0.3 is 10.6 Å². The number of rotatable bonds is 5. The Morgan fingerprint density at radius 1 is 1.24 bits per heavy atom. The molecule has 3 rings (SSSR count). The van der Waals surface area contributed by atoms with Crippen LogP contribution in [-0.2, 0) is 19.5 Å². The summed E-state index contributed by atoms with van der Waals surface area (Å²) in [7, 11) is 1.68. The summed E-state index contributed by atoms with van der Waals surface area (Å²) in [5.41, 5.74) is 1.98. The van der Waals surface area contributed by atoms with Crippen molar-refractivity contribution in [1.29, 1.82) is 0 Å². The van der Waals surface area contributed by atoms with Crippen molar-refractivity contribution < 1.29 is 8.78 Å². The molecule has 0 saturated heterocycles. The quantitative estimate of drug-likeness (QED) is 0.633.